The van der Waals surface area contributed by atoms with Crippen molar-refractivity contribution in [3.05, 3.63) is 18.0 Å². The highest BCUT2D eigenvalue weighted by Crippen LogP contribution is 2.36. The van der Waals surface area contributed by atoms with Crippen LogP contribution in [0.15, 0.2) is 12.4 Å². The number of piperidine rings is 1. The fourth-order valence-corrected chi connectivity index (χ4v) is 3.58. The van der Waals surface area contributed by atoms with Crippen LogP contribution in [0.3, 0.4) is 0 Å². The highest BCUT2D eigenvalue weighted by molar-refractivity contribution is 6.17. The van der Waals surface area contributed by atoms with E-state index in [0.29, 0.717) is 11.9 Å². The van der Waals surface area contributed by atoms with Gasteiger partial charge in [-0.05, 0) is 31.6 Å². The van der Waals surface area contributed by atoms with Crippen LogP contribution >= 0.6 is 11.6 Å². The van der Waals surface area contributed by atoms with E-state index in [-0.39, 0.29) is 0 Å². The molecule has 4 heteroatoms. The number of anilines is 1. The highest BCUT2D eigenvalue weighted by atomic mass is 35.5. The second kappa shape index (κ2) is 5.43. The quantitative estimate of drug-likeness (QED) is 0.768. The minimum atomic E-state index is 0.492. The number of nitrogens with zero attached hydrogens (tertiary/aromatic N) is 3. The Morgan fingerprint density at radius 2 is 1.83 bits per heavy atom. The van der Waals surface area contributed by atoms with Crippen LogP contribution in [0.1, 0.15) is 44.1 Å². The Balaban J connectivity index is 1.80. The Morgan fingerprint density at radius 1 is 1.11 bits per heavy atom. The molecule has 2 aliphatic rings. The minimum Gasteiger partial charge on any atom is -0.338 e. The summed E-state index contributed by atoms with van der Waals surface area (Å²) in [6, 6.07) is 0.675. The van der Waals surface area contributed by atoms with Gasteiger partial charge < -0.3 is 4.90 Å². The first-order valence-corrected chi connectivity index (χ1v) is 7.55. The molecule has 1 aliphatic carbocycles. The fourth-order valence-electron chi connectivity index (χ4n) is 3.44. The number of aromatic nitrogens is 2. The van der Waals surface area contributed by atoms with Gasteiger partial charge in [-0.1, -0.05) is 12.8 Å². The van der Waals surface area contributed by atoms with Gasteiger partial charge in [0.05, 0.1) is 5.88 Å². The molecule has 1 aromatic heterocycles. The van der Waals surface area contributed by atoms with Crippen molar-refractivity contribution in [2.75, 3.05) is 11.4 Å². The molecule has 98 valence electrons. The van der Waals surface area contributed by atoms with Crippen LogP contribution in [0.2, 0.25) is 0 Å². The summed E-state index contributed by atoms with van der Waals surface area (Å²) in [5.74, 6) is 2.26. The largest absolute Gasteiger partial charge is 0.338 e. The fraction of sp³-hybridized carbons (Fsp3) is 0.714. The topological polar surface area (TPSA) is 29.0 Å². The molecule has 0 N–H and O–H groups in total. The Hall–Kier alpha value is -0.830. The van der Waals surface area contributed by atoms with E-state index in [1.54, 1.807) is 0 Å². The molecule has 0 unspecified atom stereocenters. The maximum atomic E-state index is 5.78. The van der Waals surface area contributed by atoms with Crippen molar-refractivity contribution < 1.29 is 0 Å². The second-order valence-corrected chi connectivity index (χ2v) is 5.74. The summed E-state index contributed by atoms with van der Waals surface area (Å²) in [7, 11) is 0. The third kappa shape index (κ3) is 2.33. The van der Waals surface area contributed by atoms with Gasteiger partial charge in [-0.15, -0.1) is 11.6 Å². The Kier molecular flexibility index (Phi) is 3.69. The van der Waals surface area contributed by atoms with E-state index in [4.69, 9.17) is 11.6 Å². The maximum absolute atomic E-state index is 5.78. The van der Waals surface area contributed by atoms with Gasteiger partial charge in [0, 0.05) is 30.5 Å². The summed E-state index contributed by atoms with van der Waals surface area (Å²) >= 11 is 5.78. The summed E-state index contributed by atoms with van der Waals surface area (Å²) in [5.41, 5.74) is 0.998. The Labute approximate surface area is 114 Å². The third-order valence-corrected chi connectivity index (χ3v) is 4.65. The molecule has 18 heavy (non-hydrogen) atoms. The number of rotatable bonds is 2. The zero-order valence-corrected chi connectivity index (χ0v) is 11.4. The monoisotopic (exact) mass is 265 g/mol. The lowest BCUT2D eigenvalue weighted by molar-refractivity contribution is 0.241. The molecule has 2 fully saturated rings. The lowest BCUT2D eigenvalue weighted by Gasteiger charge is -2.44. The molecule has 0 bridgehead atoms. The summed E-state index contributed by atoms with van der Waals surface area (Å²) in [5, 5.41) is 0. The number of fused-ring (bicyclic) bond motifs is 1. The van der Waals surface area contributed by atoms with Gasteiger partial charge in [0.1, 0.15) is 0 Å². The first-order valence-electron chi connectivity index (χ1n) is 7.02. The van der Waals surface area contributed by atoms with Crippen LogP contribution in [-0.4, -0.2) is 22.6 Å². The molecule has 0 radical (unpaired) electrons. The lowest BCUT2D eigenvalue weighted by atomic mass is 9.78. The van der Waals surface area contributed by atoms with Crippen LogP contribution in [0.4, 0.5) is 5.95 Å². The maximum Gasteiger partial charge on any atom is 0.225 e. The van der Waals surface area contributed by atoms with Crippen molar-refractivity contribution >= 4 is 17.5 Å². The van der Waals surface area contributed by atoms with E-state index in [1.807, 2.05) is 12.4 Å². The predicted octanol–water partition coefficient (Wildman–Crippen LogP) is 3.37. The van der Waals surface area contributed by atoms with Crippen molar-refractivity contribution in [2.45, 2.75) is 50.4 Å². The summed E-state index contributed by atoms with van der Waals surface area (Å²) < 4.78 is 0. The minimum absolute atomic E-state index is 0.492. The molecule has 2 atom stereocenters. The van der Waals surface area contributed by atoms with E-state index >= 15 is 0 Å². The van der Waals surface area contributed by atoms with Gasteiger partial charge in [0.25, 0.3) is 0 Å². The zero-order chi connectivity index (χ0) is 12.4. The number of hydrogen-bond donors (Lipinski definition) is 0. The smallest absolute Gasteiger partial charge is 0.225 e. The Morgan fingerprint density at radius 3 is 2.61 bits per heavy atom. The van der Waals surface area contributed by atoms with Crippen LogP contribution in [0.25, 0.3) is 0 Å². The Bertz CT molecular complexity index is 391. The third-order valence-electron chi connectivity index (χ3n) is 4.35. The van der Waals surface area contributed by atoms with Gasteiger partial charge in [-0.25, -0.2) is 9.97 Å². The van der Waals surface area contributed by atoms with Crippen molar-refractivity contribution in [3.63, 3.8) is 0 Å². The first kappa shape index (κ1) is 12.2. The molecule has 2 heterocycles. The molecule has 1 saturated heterocycles. The van der Waals surface area contributed by atoms with Crippen molar-refractivity contribution in [3.8, 4) is 0 Å². The zero-order valence-electron chi connectivity index (χ0n) is 10.7. The molecule has 0 amide bonds. The normalized spacial score (nSPS) is 27.9. The summed E-state index contributed by atoms with van der Waals surface area (Å²) in [4.78, 5) is 11.4. The van der Waals surface area contributed by atoms with Gasteiger partial charge in [0.15, 0.2) is 0 Å². The van der Waals surface area contributed by atoms with Crippen LogP contribution in [0.5, 0.6) is 0 Å². The molecule has 1 aliphatic heterocycles. The standard InChI is InChI=1S/C14H20ClN3/c15-8-11-9-16-14(17-10-11)18-7-3-5-12-4-1-2-6-13(12)18/h9-10,12-13H,1-8H2/t12-,13-/m1/s1. The van der Waals surface area contributed by atoms with Crippen LogP contribution < -0.4 is 4.90 Å². The first-order chi connectivity index (χ1) is 8.88. The number of hydrogen-bond acceptors (Lipinski definition) is 3. The van der Waals surface area contributed by atoms with E-state index in [2.05, 4.69) is 14.9 Å². The molecule has 0 spiro atoms. The van der Waals surface area contributed by atoms with E-state index in [1.165, 1.54) is 38.5 Å². The van der Waals surface area contributed by atoms with E-state index in [0.717, 1.165) is 24.0 Å². The van der Waals surface area contributed by atoms with E-state index in [9.17, 15) is 0 Å². The van der Waals surface area contributed by atoms with Crippen molar-refractivity contribution in [1.29, 1.82) is 0 Å². The lowest BCUT2D eigenvalue weighted by Crippen LogP contribution is -2.47. The van der Waals surface area contributed by atoms with Gasteiger partial charge in [-0.3, -0.25) is 0 Å². The van der Waals surface area contributed by atoms with Gasteiger partial charge >= 0.3 is 0 Å². The molecule has 0 aromatic carbocycles. The highest BCUT2D eigenvalue weighted by Gasteiger charge is 2.34. The van der Waals surface area contributed by atoms with Gasteiger partial charge in [0.2, 0.25) is 5.95 Å². The van der Waals surface area contributed by atoms with E-state index < -0.39 is 0 Å². The van der Waals surface area contributed by atoms with Crippen molar-refractivity contribution in [1.82, 2.24) is 9.97 Å². The molecule has 1 aromatic rings. The molecule has 3 rings (SSSR count). The average molecular weight is 266 g/mol. The molecule has 3 nitrogen and oxygen atoms in total. The summed E-state index contributed by atoms with van der Waals surface area (Å²) in [6.07, 6.45) is 11.9. The second-order valence-electron chi connectivity index (χ2n) is 5.47. The predicted molar refractivity (Wildman–Crippen MR) is 73.9 cm³/mol. The SMILES string of the molecule is ClCc1cnc(N2CCC[C@H]3CCCC[C@H]32)nc1. The molecular formula is C14H20ClN3. The average Bonchev–Trinajstić information content (AvgIpc) is 2.47. The number of alkyl halides is 1. The van der Waals surface area contributed by atoms with Crippen LogP contribution in [0, 0.1) is 5.92 Å². The molecular weight excluding hydrogens is 246 g/mol. The summed E-state index contributed by atoms with van der Waals surface area (Å²) in [6.45, 7) is 1.11. The van der Waals surface area contributed by atoms with Crippen LogP contribution in [-0.2, 0) is 5.88 Å². The van der Waals surface area contributed by atoms with Gasteiger partial charge in [-0.2, -0.15) is 0 Å². The molecule has 1 saturated carbocycles. The van der Waals surface area contributed by atoms with Crippen molar-refractivity contribution in [2.24, 2.45) is 5.92 Å². The number of halogens is 1.